The van der Waals surface area contributed by atoms with E-state index in [9.17, 15) is 4.79 Å². The van der Waals surface area contributed by atoms with Gasteiger partial charge in [-0.25, -0.2) is 0 Å². The average Bonchev–Trinajstić information content (AvgIpc) is 1.67. The number of aldehydes is 1. The number of carbonyl (C=O) groups is 1. The minimum atomic E-state index is -0.0106. The smallest absolute Gasteiger partial charge is 0.120 e. The van der Waals surface area contributed by atoms with Crippen LogP contribution in [0.15, 0.2) is 0 Å². The number of alkyl halides is 1. The van der Waals surface area contributed by atoms with E-state index in [-0.39, 0.29) is 5.41 Å². The molecule has 0 rings (SSSR count). The molecule has 0 saturated carbocycles. The zero-order chi connectivity index (χ0) is 6.62. The van der Waals surface area contributed by atoms with Crippen molar-refractivity contribution in [2.75, 3.05) is 5.88 Å². The number of halogens is 1. The van der Waals surface area contributed by atoms with E-state index in [2.05, 4.69) is 0 Å². The van der Waals surface area contributed by atoms with E-state index < -0.39 is 0 Å². The molecular weight excluding hydrogens is 124 g/mol. The lowest BCUT2D eigenvalue weighted by molar-refractivity contribution is -0.109. The summed E-state index contributed by atoms with van der Waals surface area (Å²) < 4.78 is 0. The molecule has 48 valence electrons. The molecule has 0 aliphatic carbocycles. The van der Waals surface area contributed by atoms with E-state index in [1.807, 2.05) is 13.8 Å². The van der Waals surface area contributed by atoms with E-state index in [0.29, 0.717) is 12.3 Å². The lowest BCUT2D eigenvalue weighted by atomic mass is 9.93. The Balaban J connectivity index is 3.53. The third-order valence-corrected chi connectivity index (χ3v) is 1.72. The van der Waals surface area contributed by atoms with Crippen molar-refractivity contribution in [2.45, 2.75) is 20.3 Å². The predicted molar refractivity (Wildman–Crippen MR) is 35.2 cm³/mol. The number of hydrogen-bond donors (Lipinski definition) is 0. The molecule has 0 fully saturated rings. The van der Waals surface area contributed by atoms with Gasteiger partial charge in [-0.15, -0.1) is 11.6 Å². The fourth-order valence-electron chi connectivity index (χ4n) is 0.280. The molecule has 0 aliphatic rings. The van der Waals surface area contributed by atoms with Crippen LogP contribution in [-0.2, 0) is 4.79 Å². The van der Waals surface area contributed by atoms with Crippen LogP contribution in [0, 0.1) is 5.41 Å². The van der Waals surface area contributed by atoms with Gasteiger partial charge in [0.05, 0.1) is 0 Å². The Bertz CT molecular complexity index is 78.6. The normalized spacial score (nSPS) is 11.4. The number of carbonyl (C=O) groups excluding carboxylic acids is 1. The van der Waals surface area contributed by atoms with Crippen LogP contribution >= 0.6 is 11.6 Å². The Morgan fingerprint density at radius 3 is 2.25 bits per heavy atom. The van der Waals surface area contributed by atoms with Crippen molar-refractivity contribution in [3.63, 3.8) is 0 Å². The summed E-state index contributed by atoms with van der Waals surface area (Å²) in [6, 6.07) is 0. The third kappa shape index (κ3) is 3.03. The minimum absolute atomic E-state index is 0.0106. The summed E-state index contributed by atoms with van der Waals surface area (Å²) in [5.41, 5.74) is -0.0106. The maximum Gasteiger partial charge on any atom is 0.120 e. The summed E-state index contributed by atoms with van der Waals surface area (Å²) in [5, 5.41) is 0. The van der Waals surface area contributed by atoms with Crippen molar-refractivity contribution in [3.8, 4) is 0 Å². The highest BCUT2D eigenvalue weighted by Crippen LogP contribution is 2.19. The van der Waals surface area contributed by atoms with Gasteiger partial charge in [0.25, 0.3) is 0 Å². The first kappa shape index (κ1) is 7.96. The molecule has 0 bridgehead atoms. The van der Waals surface area contributed by atoms with Crippen LogP contribution in [0.1, 0.15) is 20.3 Å². The van der Waals surface area contributed by atoms with Crippen LogP contribution in [0.4, 0.5) is 0 Å². The summed E-state index contributed by atoms with van der Waals surface area (Å²) in [7, 11) is 0. The van der Waals surface area contributed by atoms with Gasteiger partial charge in [-0.05, 0) is 5.41 Å². The Hall–Kier alpha value is -0.0400. The fourth-order valence-corrected chi connectivity index (χ4v) is 0.389. The van der Waals surface area contributed by atoms with E-state index in [4.69, 9.17) is 11.6 Å². The van der Waals surface area contributed by atoms with Gasteiger partial charge in [0.1, 0.15) is 6.29 Å². The lowest BCUT2D eigenvalue weighted by Crippen LogP contribution is -2.13. The van der Waals surface area contributed by atoms with Gasteiger partial charge in [0.2, 0.25) is 0 Å². The summed E-state index contributed by atoms with van der Waals surface area (Å²) >= 11 is 5.51. The molecule has 0 aromatic rings. The van der Waals surface area contributed by atoms with E-state index in [0.717, 1.165) is 6.29 Å². The van der Waals surface area contributed by atoms with E-state index >= 15 is 0 Å². The summed E-state index contributed by atoms with van der Waals surface area (Å²) in [4.78, 5) is 9.92. The largest absolute Gasteiger partial charge is 0.303 e. The molecule has 0 aromatic heterocycles. The summed E-state index contributed by atoms with van der Waals surface area (Å²) in [6.07, 6.45) is 1.46. The molecule has 0 heterocycles. The highest BCUT2D eigenvalue weighted by molar-refractivity contribution is 6.18. The number of rotatable bonds is 3. The molecule has 0 unspecified atom stereocenters. The van der Waals surface area contributed by atoms with E-state index in [1.54, 1.807) is 0 Å². The molecular formula is C6H11ClO. The molecule has 0 aromatic carbocycles. The van der Waals surface area contributed by atoms with Gasteiger partial charge >= 0.3 is 0 Å². The SMILES string of the molecule is CC(C)(CCl)CC=O. The first-order chi connectivity index (χ1) is 3.62. The van der Waals surface area contributed by atoms with Crippen LogP contribution in [0.3, 0.4) is 0 Å². The van der Waals surface area contributed by atoms with Gasteiger partial charge in [-0.2, -0.15) is 0 Å². The first-order valence-corrected chi connectivity index (χ1v) is 3.15. The lowest BCUT2D eigenvalue weighted by Gasteiger charge is -2.16. The quantitative estimate of drug-likeness (QED) is 0.425. The van der Waals surface area contributed by atoms with Crippen LogP contribution in [-0.4, -0.2) is 12.2 Å². The van der Waals surface area contributed by atoms with Gasteiger partial charge in [-0.3, -0.25) is 0 Å². The van der Waals surface area contributed by atoms with Gasteiger partial charge < -0.3 is 4.79 Å². The van der Waals surface area contributed by atoms with Crippen molar-refractivity contribution in [1.29, 1.82) is 0 Å². The predicted octanol–water partition coefficient (Wildman–Crippen LogP) is 1.84. The zero-order valence-corrected chi connectivity index (χ0v) is 6.03. The average molecular weight is 135 g/mol. The second-order valence-corrected chi connectivity index (χ2v) is 2.94. The molecule has 0 radical (unpaired) electrons. The maximum absolute atomic E-state index is 9.92. The molecule has 1 nitrogen and oxygen atoms in total. The van der Waals surface area contributed by atoms with E-state index in [1.165, 1.54) is 0 Å². The zero-order valence-electron chi connectivity index (χ0n) is 5.28. The van der Waals surface area contributed by atoms with Gasteiger partial charge in [-0.1, -0.05) is 13.8 Å². The van der Waals surface area contributed by atoms with Crippen molar-refractivity contribution < 1.29 is 4.79 Å². The second kappa shape index (κ2) is 3.08. The molecule has 0 aliphatic heterocycles. The van der Waals surface area contributed by atoms with Crippen molar-refractivity contribution >= 4 is 17.9 Å². The molecule has 8 heavy (non-hydrogen) atoms. The molecule has 2 heteroatoms. The molecule has 0 amide bonds. The highest BCUT2D eigenvalue weighted by atomic mass is 35.5. The standard InChI is InChI=1S/C6H11ClO/c1-6(2,5-7)3-4-8/h4H,3,5H2,1-2H3. The highest BCUT2D eigenvalue weighted by Gasteiger charge is 2.14. The number of hydrogen-bond acceptors (Lipinski definition) is 1. The van der Waals surface area contributed by atoms with Crippen LogP contribution < -0.4 is 0 Å². The molecule has 0 atom stereocenters. The summed E-state index contributed by atoms with van der Waals surface area (Å²) in [6.45, 7) is 3.93. The molecule has 0 saturated heterocycles. The summed E-state index contributed by atoms with van der Waals surface area (Å²) in [5.74, 6) is 0.547. The fraction of sp³-hybridized carbons (Fsp3) is 0.833. The Kier molecular flexibility index (Phi) is 3.06. The third-order valence-electron chi connectivity index (χ3n) is 0.998. The van der Waals surface area contributed by atoms with Crippen molar-refractivity contribution in [1.82, 2.24) is 0 Å². The maximum atomic E-state index is 9.92. The first-order valence-electron chi connectivity index (χ1n) is 2.62. The van der Waals surface area contributed by atoms with Crippen molar-refractivity contribution in [2.24, 2.45) is 5.41 Å². The van der Waals surface area contributed by atoms with Crippen LogP contribution in [0.25, 0.3) is 0 Å². The van der Waals surface area contributed by atoms with Gasteiger partial charge in [0.15, 0.2) is 0 Å². The topological polar surface area (TPSA) is 17.1 Å². The molecule has 0 N–H and O–H groups in total. The van der Waals surface area contributed by atoms with Crippen LogP contribution in [0.5, 0.6) is 0 Å². The van der Waals surface area contributed by atoms with Crippen molar-refractivity contribution in [3.05, 3.63) is 0 Å². The molecule has 0 spiro atoms. The second-order valence-electron chi connectivity index (χ2n) is 2.67. The minimum Gasteiger partial charge on any atom is -0.303 e. The Labute approximate surface area is 55.0 Å². The Morgan fingerprint density at radius 1 is 1.62 bits per heavy atom. The van der Waals surface area contributed by atoms with Gasteiger partial charge in [0, 0.05) is 12.3 Å². The Morgan fingerprint density at radius 2 is 2.12 bits per heavy atom. The van der Waals surface area contributed by atoms with Crippen LogP contribution in [0.2, 0.25) is 0 Å². The monoisotopic (exact) mass is 134 g/mol.